The van der Waals surface area contributed by atoms with Gasteiger partial charge in [-0.25, -0.2) is 0 Å². The molecular weight excluding hydrogens is 186 g/mol. The van der Waals surface area contributed by atoms with E-state index in [0.717, 1.165) is 19.3 Å². The van der Waals surface area contributed by atoms with Crippen molar-refractivity contribution in [2.75, 3.05) is 13.1 Å². The molecule has 0 aromatic carbocycles. The lowest BCUT2D eigenvalue weighted by Crippen LogP contribution is -2.04. The predicted molar refractivity (Wildman–Crippen MR) is 67.2 cm³/mol. The molecule has 0 saturated carbocycles. The summed E-state index contributed by atoms with van der Waals surface area (Å²) in [4.78, 5) is 0. The second-order valence-corrected chi connectivity index (χ2v) is 4.40. The van der Waals surface area contributed by atoms with Gasteiger partial charge in [0.15, 0.2) is 0 Å². The number of nitrogens with one attached hydrogen (secondary N) is 1. The SMILES string of the molecule is C1CCNC1.CCCCCC(O)CCC. The van der Waals surface area contributed by atoms with E-state index in [2.05, 4.69) is 19.2 Å². The van der Waals surface area contributed by atoms with Gasteiger partial charge >= 0.3 is 0 Å². The van der Waals surface area contributed by atoms with Gasteiger partial charge in [-0.2, -0.15) is 0 Å². The Balaban J connectivity index is 0.000000322. The van der Waals surface area contributed by atoms with Crippen LogP contribution in [0.25, 0.3) is 0 Å². The zero-order valence-electron chi connectivity index (χ0n) is 10.6. The molecule has 0 spiro atoms. The van der Waals surface area contributed by atoms with Crippen molar-refractivity contribution in [2.45, 2.75) is 71.3 Å². The number of hydrogen-bond donors (Lipinski definition) is 2. The summed E-state index contributed by atoms with van der Waals surface area (Å²) in [6, 6.07) is 0. The summed E-state index contributed by atoms with van der Waals surface area (Å²) >= 11 is 0. The van der Waals surface area contributed by atoms with Crippen LogP contribution in [0.4, 0.5) is 0 Å². The van der Waals surface area contributed by atoms with E-state index in [1.54, 1.807) is 0 Å². The Morgan fingerprint density at radius 2 is 1.67 bits per heavy atom. The molecule has 1 aliphatic rings. The fourth-order valence-corrected chi connectivity index (χ4v) is 1.73. The van der Waals surface area contributed by atoms with Crippen molar-refractivity contribution in [2.24, 2.45) is 0 Å². The molecule has 1 atom stereocenters. The molecule has 0 aromatic heterocycles. The molecule has 2 N–H and O–H groups in total. The molecule has 0 radical (unpaired) electrons. The summed E-state index contributed by atoms with van der Waals surface area (Å²) in [5, 5.41) is 12.5. The smallest absolute Gasteiger partial charge is 0.0540 e. The van der Waals surface area contributed by atoms with E-state index >= 15 is 0 Å². The summed E-state index contributed by atoms with van der Waals surface area (Å²) in [7, 11) is 0. The summed E-state index contributed by atoms with van der Waals surface area (Å²) in [5.74, 6) is 0. The maximum atomic E-state index is 9.28. The first kappa shape index (κ1) is 14.9. The van der Waals surface area contributed by atoms with E-state index in [1.807, 2.05) is 0 Å². The first-order valence-corrected chi connectivity index (χ1v) is 6.70. The average molecular weight is 215 g/mol. The fraction of sp³-hybridized carbons (Fsp3) is 1.00. The van der Waals surface area contributed by atoms with E-state index in [1.165, 1.54) is 45.2 Å². The summed E-state index contributed by atoms with van der Waals surface area (Å²) in [5.41, 5.74) is 0. The fourth-order valence-electron chi connectivity index (χ4n) is 1.73. The van der Waals surface area contributed by atoms with Gasteiger partial charge < -0.3 is 10.4 Å². The van der Waals surface area contributed by atoms with Gasteiger partial charge in [0, 0.05) is 0 Å². The normalized spacial score (nSPS) is 17.0. The number of hydrogen-bond acceptors (Lipinski definition) is 2. The van der Waals surface area contributed by atoms with Gasteiger partial charge in [0.1, 0.15) is 0 Å². The molecule has 2 nitrogen and oxygen atoms in total. The molecule has 0 aromatic rings. The molecule has 0 aliphatic carbocycles. The third-order valence-electron chi connectivity index (χ3n) is 2.72. The van der Waals surface area contributed by atoms with Gasteiger partial charge in [-0.3, -0.25) is 0 Å². The summed E-state index contributed by atoms with van der Waals surface area (Å²) in [6.45, 7) is 6.80. The van der Waals surface area contributed by atoms with Gasteiger partial charge in [0.2, 0.25) is 0 Å². The molecule has 1 fully saturated rings. The summed E-state index contributed by atoms with van der Waals surface area (Å²) < 4.78 is 0. The largest absolute Gasteiger partial charge is 0.393 e. The lowest BCUT2D eigenvalue weighted by atomic mass is 10.1. The maximum absolute atomic E-state index is 9.28. The van der Waals surface area contributed by atoms with Crippen LogP contribution in [0.2, 0.25) is 0 Å². The third kappa shape index (κ3) is 11.8. The minimum Gasteiger partial charge on any atom is -0.393 e. The second kappa shape index (κ2) is 12.0. The highest BCUT2D eigenvalue weighted by Gasteiger charge is 2.00. The van der Waals surface area contributed by atoms with Crippen molar-refractivity contribution < 1.29 is 5.11 Å². The highest BCUT2D eigenvalue weighted by Crippen LogP contribution is 2.07. The molecule has 1 rings (SSSR count). The lowest BCUT2D eigenvalue weighted by Gasteiger charge is -2.07. The van der Waals surface area contributed by atoms with Gasteiger partial charge in [0.25, 0.3) is 0 Å². The molecule has 1 heterocycles. The highest BCUT2D eigenvalue weighted by molar-refractivity contribution is 4.55. The zero-order chi connectivity index (χ0) is 11.4. The lowest BCUT2D eigenvalue weighted by molar-refractivity contribution is 0.150. The van der Waals surface area contributed by atoms with Crippen molar-refractivity contribution in [3.8, 4) is 0 Å². The van der Waals surface area contributed by atoms with Gasteiger partial charge in [-0.05, 0) is 38.8 Å². The summed E-state index contributed by atoms with van der Waals surface area (Å²) in [6.07, 6.45) is 9.53. The second-order valence-electron chi connectivity index (χ2n) is 4.40. The molecule has 1 aliphatic heterocycles. The van der Waals surface area contributed by atoms with Crippen molar-refractivity contribution in [1.29, 1.82) is 0 Å². The first-order valence-electron chi connectivity index (χ1n) is 6.70. The number of rotatable bonds is 6. The minimum absolute atomic E-state index is 0.0310. The third-order valence-corrected chi connectivity index (χ3v) is 2.72. The molecular formula is C13H29NO. The predicted octanol–water partition coefficient (Wildman–Crippen LogP) is 3.10. The van der Waals surface area contributed by atoms with Crippen molar-refractivity contribution >= 4 is 0 Å². The Hall–Kier alpha value is -0.0800. The monoisotopic (exact) mass is 215 g/mol. The van der Waals surface area contributed by atoms with Crippen molar-refractivity contribution in [1.82, 2.24) is 5.32 Å². The van der Waals surface area contributed by atoms with E-state index in [4.69, 9.17) is 0 Å². The highest BCUT2D eigenvalue weighted by atomic mass is 16.3. The zero-order valence-corrected chi connectivity index (χ0v) is 10.6. The maximum Gasteiger partial charge on any atom is 0.0540 e. The van der Waals surface area contributed by atoms with Gasteiger partial charge in [0.05, 0.1) is 6.10 Å². The van der Waals surface area contributed by atoms with Gasteiger partial charge in [-0.1, -0.05) is 39.5 Å². The number of unbranched alkanes of at least 4 members (excludes halogenated alkanes) is 2. The minimum atomic E-state index is -0.0310. The van der Waals surface area contributed by atoms with Crippen LogP contribution in [-0.4, -0.2) is 24.3 Å². The quantitative estimate of drug-likeness (QED) is 0.667. The van der Waals surface area contributed by atoms with Crippen LogP contribution in [-0.2, 0) is 0 Å². The first-order chi connectivity index (χ1) is 7.31. The molecule has 2 heteroatoms. The molecule has 0 bridgehead atoms. The molecule has 0 amide bonds. The average Bonchev–Trinajstić information content (AvgIpc) is 2.76. The van der Waals surface area contributed by atoms with E-state index in [0.29, 0.717) is 0 Å². The Bertz CT molecular complexity index is 105. The molecule has 1 unspecified atom stereocenters. The molecule has 92 valence electrons. The van der Waals surface area contributed by atoms with Crippen LogP contribution in [0, 0.1) is 0 Å². The van der Waals surface area contributed by atoms with Crippen LogP contribution in [0.3, 0.4) is 0 Å². The van der Waals surface area contributed by atoms with Crippen LogP contribution in [0.1, 0.15) is 65.2 Å². The Labute approximate surface area is 95.5 Å². The standard InChI is InChI=1S/C9H20O.C4H9N/c1-3-5-6-8-9(10)7-4-2;1-2-4-5-3-1/h9-10H,3-8H2,1-2H3;5H,1-4H2. The van der Waals surface area contributed by atoms with E-state index in [9.17, 15) is 5.11 Å². The molecule has 15 heavy (non-hydrogen) atoms. The Kier molecular flexibility index (Phi) is 11.9. The van der Waals surface area contributed by atoms with Crippen LogP contribution in [0.5, 0.6) is 0 Å². The number of aliphatic hydroxyl groups is 1. The topological polar surface area (TPSA) is 32.3 Å². The molecule has 1 saturated heterocycles. The van der Waals surface area contributed by atoms with Gasteiger partial charge in [-0.15, -0.1) is 0 Å². The Morgan fingerprint density at radius 3 is 2.07 bits per heavy atom. The van der Waals surface area contributed by atoms with E-state index in [-0.39, 0.29) is 6.10 Å². The number of aliphatic hydroxyl groups excluding tert-OH is 1. The van der Waals surface area contributed by atoms with Crippen molar-refractivity contribution in [3.63, 3.8) is 0 Å². The van der Waals surface area contributed by atoms with Crippen molar-refractivity contribution in [3.05, 3.63) is 0 Å². The van der Waals surface area contributed by atoms with Crippen LogP contribution in [0.15, 0.2) is 0 Å². The van der Waals surface area contributed by atoms with E-state index < -0.39 is 0 Å². The van der Waals surface area contributed by atoms with Crippen LogP contribution >= 0.6 is 0 Å². The van der Waals surface area contributed by atoms with Crippen LogP contribution < -0.4 is 5.32 Å². The Morgan fingerprint density at radius 1 is 1.00 bits per heavy atom.